The summed E-state index contributed by atoms with van der Waals surface area (Å²) in [4.78, 5) is 23.7. The maximum Gasteiger partial charge on any atom is 0.410 e. The number of imidazole rings is 1. The van der Waals surface area contributed by atoms with Gasteiger partial charge in [0.2, 0.25) is 5.95 Å². The number of ether oxygens (including phenoxy) is 2. The number of aryl methyl sites for hydroxylation is 1. The molecule has 178 valence electrons. The number of carboxylic acid groups (broad SMARTS) is 1. The average Bonchev–Trinajstić information content (AvgIpc) is 3.36. The molecule has 1 aliphatic rings. The summed E-state index contributed by atoms with van der Waals surface area (Å²) in [5.74, 6) is 1.62. The summed E-state index contributed by atoms with van der Waals surface area (Å²) in [6.07, 6.45) is 1.54. The van der Waals surface area contributed by atoms with Crippen LogP contribution < -0.4 is 15.4 Å². The van der Waals surface area contributed by atoms with E-state index < -0.39 is 11.7 Å². The summed E-state index contributed by atoms with van der Waals surface area (Å²) in [6, 6.07) is 7.02. The molecule has 0 saturated carbocycles. The van der Waals surface area contributed by atoms with Gasteiger partial charge in [0.15, 0.2) is 17.2 Å². The first kappa shape index (κ1) is 22.1. The van der Waals surface area contributed by atoms with Crippen LogP contribution >= 0.6 is 0 Å². The first-order chi connectivity index (χ1) is 16.7. The van der Waals surface area contributed by atoms with Crippen LogP contribution in [0.5, 0.6) is 11.5 Å². The Kier molecular flexibility index (Phi) is 5.22. The third-order valence-corrected chi connectivity index (χ3v) is 5.57. The number of fused-ring (bicyclic) bond motifs is 2. The molecule has 0 aliphatic carbocycles. The molecule has 5 heterocycles. The van der Waals surface area contributed by atoms with Crippen molar-refractivity contribution in [1.29, 1.82) is 5.26 Å². The van der Waals surface area contributed by atoms with Gasteiger partial charge in [0.05, 0.1) is 25.0 Å². The van der Waals surface area contributed by atoms with E-state index in [0.29, 0.717) is 36.1 Å². The standard InChI is InChI=1S/C22H21N9O4/c1-22(2)15-9-17(29-31(15)6-7-34-22)26-20-28-19-18(30(20)3)13(10-23)14(11-25-19)35-12-4-5-24-16(8-12)27-21(32)33/h4-5,8-9,11H,6-7H2,1-3H3,(H,24,27)(H,32,33)(H,25,26,28,29). The van der Waals surface area contributed by atoms with E-state index in [1.165, 1.54) is 18.5 Å². The third kappa shape index (κ3) is 4.06. The van der Waals surface area contributed by atoms with Gasteiger partial charge < -0.3 is 24.5 Å². The molecular weight excluding hydrogens is 454 g/mol. The first-order valence-electron chi connectivity index (χ1n) is 10.6. The second-order valence-corrected chi connectivity index (χ2v) is 8.31. The SMILES string of the molecule is Cn1c(Nc2cc3n(n2)CCOC3(C)C)nc2ncc(Oc3ccnc(NC(=O)O)c3)c(C#N)c21. The fourth-order valence-electron chi connectivity index (χ4n) is 3.94. The van der Waals surface area contributed by atoms with Crippen molar-refractivity contribution >= 4 is 34.8 Å². The number of nitrogens with zero attached hydrogens (tertiary/aromatic N) is 7. The normalized spacial score (nSPS) is 14.2. The minimum atomic E-state index is -1.25. The highest BCUT2D eigenvalue weighted by molar-refractivity contribution is 5.84. The third-order valence-electron chi connectivity index (χ3n) is 5.57. The maximum absolute atomic E-state index is 10.9. The van der Waals surface area contributed by atoms with Crippen molar-refractivity contribution in [2.45, 2.75) is 26.0 Å². The van der Waals surface area contributed by atoms with Gasteiger partial charge in [0.1, 0.15) is 34.3 Å². The van der Waals surface area contributed by atoms with Crippen LogP contribution in [0.15, 0.2) is 30.6 Å². The summed E-state index contributed by atoms with van der Waals surface area (Å²) >= 11 is 0. The van der Waals surface area contributed by atoms with E-state index in [9.17, 15) is 10.1 Å². The van der Waals surface area contributed by atoms with E-state index in [0.717, 1.165) is 5.69 Å². The van der Waals surface area contributed by atoms with Crippen molar-refractivity contribution in [3.8, 4) is 17.6 Å². The van der Waals surface area contributed by atoms with Crippen LogP contribution in [0, 0.1) is 11.3 Å². The highest BCUT2D eigenvalue weighted by atomic mass is 16.5. The Morgan fingerprint density at radius 2 is 2.14 bits per heavy atom. The summed E-state index contributed by atoms with van der Waals surface area (Å²) in [5.41, 5.74) is 1.55. The van der Waals surface area contributed by atoms with E-state index in [2.05, 4.69) is 36.8 Å². The van der Waals surface area contributed by atoms with Gasteiger partial charge in [-0.3, -0.25) is 10.00 Å². The van der Waals surface area contributed by atoms with E-state index in [1.807, 2.05) is 24.6 Å². The van der Waals surface area contributed by atoms with E-state index in [-0.39, 0.29) is 22.9 Å². The zero-order valence-corrected chi connectivity index (χ0v) is 19.1. The smallest absolute Gasteiger partial charge is 0.410 e. The number of pyridine rings is 2. The molecule has 13 nitrogen and oxygen atoms in total. The van der Waals surface area contributed by atoms with Gasteiger partial charge in [-0.15, -0.1) is 0 Å². The molecule has 3 N–H and O–H groups in total. The van der Waals surface area contributed by atoms with Crippen molar-refractivity contribution in [3.05, 3.63) is 41.9 Å². The molecule has 0 atom stereocenters. The zero-order chi connectivity index (χ0) is 24.7. The monoisotopic (exact) mass is 475 g/mol. The number of anilines is 3. The van der Waals surface area contributed by atoms with Crippen LogP contribution in [0.2, 0.25) is 0 Å². The van der Waals surface area contributed by atoms with Crippen molar-refractivity contribution in [2.24, 2.45) is 7.05 Å². The summed E-state index contributed by atoms with van der Waals surface area (Å²) in [7, 11) is 1.76. The number of aromatic nitrogens is 6. The lowest BCUT2D eigenvalue weighted by Gasteiger charge is -2.30. The molecule has 35 heavy (non-hydrogen) atoms. The second-order valence-electron chi connectivity index (χ2n) is 8.31. The number of nitriles is 1. The number of carbonyl (C=O) groups is 1. The van der Waals surface area contributed by atoms with Crippen LogP contribution in [0.25, 0.3) is 11.2 Å². The number of rotatable bonds is 5. The quantitative estimate of drug-likeness (QED) is 0.390. The van der Waals surface area contributed by atoms with Crippen LogP contribution in [0.4, 0.5) is 22.4 Å². The molecule has 1 amide bonds. The predicted octanol–water partition coefficient (Wildman–Crippen LogP) is 3.32. The maximum atomic E-state index is 10.9. The predicted molar refractivity (Wildman–Crippen MR) is 124 cm³/mol. The van der Waals surface area contributed by atoms with Crippen molar-refractivity contribution in [3.63, 3.8) is 0 Å². The van der Waals surface area contributed by atoms with Crippen molar-refractivity contribution in [1.82, 2.24) is 29.3 Å². The molecule has 0 aromatic carbocycles. The van der Waals surface area contributed by atoms with E-state index in [1.54, 1.807) is 17.7 Å². The van der Waals surface area contributed by atoms with Crippen molar-refractivity contribution < 1.29 is 19.4 Å². The lowest BCUT2D eigenvalue weighted by molar-refractivity contribution is -0.0532. The fraction of sp³-hybridized carbons (Fsp3) is 0.273. The minimum absolute atomic E-state index is 0.0888. The van der Waals surface area contributed by atoms with Crippen LogP contribution in [0.3, 0.4) is 0 Å². The van der Waals surface area contributed by atoms with Crippen LogP contribution in [0.1, 0.15) is 25.1 Å². The molecular formula is C22H21N9O4. The molecule has 4 aromatic heterocycles. The Morgan fingerprint density at radius 3 is 2.89 bits per heavy atom. The summed E-state index contributed by atoms with van der Waals surface area (Å²) in [6.45, 7) is 5.22. The van der Waals surface area contributed by atoms with Crippen molar-refractivity contribution in [2.75, 3.05) is 17.2 Å². The number of nitrogens with one attached hydrogen (secondary N) is 2. The van der Waals surface area contributed by atoms with Gasteiger partial charge in [-0.1, -0.05) is 0 Å². The lowest BCUT2D eigenvalue weighted by atomic mass is 10.0. The molecule has 0 bridgehead atoms. The Bertz CT molecular complexity index is 1500. The molecule has 0 unspecified atom stereocenters. The summed E-state index contributed by atoms with van der Waals surface area (Å²) < 4.78 is 15.3. The minimum Gasteiger partial charge on any atom is -0.465 e. The Morgan fingerprint density at radius 1 is 1.31 bits per heavy atom. The van der Waals surface area contributed by atoms with Gasteiger partial charge in [-0.05, 0) is 19.9 Å². The Balaban J connectivity index is 1.48. The molecule has 0 spiro atoms. The van der Waals surface area contributed by atoms with Gasteiger partial charge in [-0.25, -0.2) is 14.8 Å². The molecule has 0 saturated heterocycles. The summed E-state index contributed by atoms with van der Waals surface area (Å²) in [5, 5.41) is 28.8. The van der Waals surface area contributed by atoms with Gasteiger partial charge in [-0.2, -0.15) is 15.3 Å². The number of hydrogen-bond donors (Lipinski definition) is 3. The molecule has 4 aromatic rings. The van der Waals surface area contributed by atoms with Crippen LogP contribution in [-0.4, -0.2) is 47.1 Å². The fourth-order valence-corrected chi connectivity index (χ4v) is 3.94. The number of amides is 1. The number of hydrogen-bond acceptors (Lipinski definition) is 9. The Hall–Kier alpha value is -4.70. The zero-order valence-electron chi connectivity index (χ0n) is 19.1. The average molecular weight is 475 g/mol. The van der Waals surface area contributed by atoms with Crippen LogP contribution in [-0.2, 0) is 23.9 Å². The second kappa shape index (κ2) is 8.26. The molecule has 13 heteroatoms. The highest BCUT2D eigenvalue weighted by Gasteiger charge is 2.30. The first-order valence-corrected chi connectivity index (χ1v) is 10.6. The topological polar surface area (TPSA) is 165 Å². The Labute approximate surface area is 199 Å². The molecule has 0 fully saturated rings. The molecule has 1 aliphatic heterocycles. The lowest BCUT2D eigenvalue weighted by Crippen LogP contribution is -2.33. The highest BCUT2D eigenvalue weighted by Crippen LogP contribution is 2.33. The van der Waals surface area contributed by atoms with Gasteiger partial charge in [0, 0.05) is 25.4 Å². The van der Waals surface area contributed by atoms with Gasteiger partial charge in [0.25, 0.3) is 0 Å². The van der Waals surface area contributed by atoms with E-state index in [4.69, 9.17) is 14.6 Å². The largest absolute Gasteiger partial charge is 0.465 e. The molecule has 0 radical (unpaired) electrons. The van der Waals surface area contributed by atoms with E-state index >= 15 is 0 Å². The molecule has 5 rings (SSSR count). The van der Waals surface area contributed by atoms with Gasteiger partial charge >= 0.3 is 6.09 Å².